The van der Waals surface area contributed by atoms with Gasteiger partial charge in [0, 0.05) is 22.9 Å². The van der Waals surface area contributed by atoms with Crippen LogP contribution >= 0.6 is 15.9 Å². The molecule has 0 fully saturated rings. The highest BCUT2D eigenvalue weighted by Gasteiger charge is 2.18. The van der Waals surface area contributed by atoms with Crippen LogP contribution in [-0.4, -0.2) is 11.5 Å². The van der Waals surface area contributed by atoms with Crippen LogP contribution < -0.4 is 5.32 Å². The van der Waals surface area contributed by atoms with Crippen molar-refractivity contribution in [2.45, 2.75) is 46.1 Å². The lowest BCUT2D eigenvalue weighted by Crippen LogP contribution is -2.27. The maximum atomic E-state index is 4.27. The normalized spacial score (nSPS) is 14.6. The van der Waals surface area contributed by atoms with E-state index in [1.807, 2.05) is 12.4 Å². The molecule has 0 bridgehead atoms. The Labute approximate surface area is 113 Å². The van der Waals surface area contributed by atoms with Gasteiger partial charge in [0.2, 0.25) is 0 Å². The van der Waals surface area contributed by atoms with E-state index in [1.54, 1.807) is 0 Å². The summed E-state index contributed by atoms with van der Waals surface area (Å²) in [6.45, 7) is 7.82. The zero-order chi connectivity index (χ0) is 12.7. The fourth-order valence-electron chi connectivity index (χ4n) is 2.17. The van der Waals surface area contributed by atoms with Gasteiger partial charge in [-0.3, -0.25) is 4.98 Å². The lowest BCUT2D eigenvalue weighted by atomic mass is 9.92. The molecule has 0 spiro atoms. The number of hydrogen-bond acceptors (Lipinski definition) is 2. The van der Waals surface area contributed by atoms with Gasteiger partial charge >= 0.3 is 0 Å². The van der Waals surface area contributed by atoms with Gasteiger partial charge in [0.15, 0.2) is 0 Å². The van der Waals surface area contributed by atoms with E-state index in [2.05, 4.69) is 53.1 Å². The summed E-state index contributed by atoms with van der Waals surface area (Å²) >= 11 is 3.50. The van der Waals surface area contributed by atoms with Crippen LogP contribution in [0.15, 0.2) is 22.9 Å². The van der Waals surface area contributed by atoms with Crippen molar-refractivity contribution < 1.29 is 0 Å². The highest BCUT2D eigenvalue weighted by atomic mass is 79.9. The molecule has 0 saturated carbocycles. The summed E-state index contributed by atoms with van der Waals surface area (Å²) in [5.74, 6) is 0.641. The molecule has 1 heterocycles. The molecule has 2 atom stereocenters. The van der Waals surface area contributed by atoms with Gasteiger partial charge in [-0.1, -0.05) is 27.2 Å². The summed E-state index contributed by atoms with van der Waals surface area (Å²) in [6, 6.07) is 2.59. The van der Waals surface area contributed by atoms with Crippen LogP contribution in [0.3, 0.4) is 0 Å². The Bertz CT molecular complexity index is 328. The van der Waals surface area contributed by atoms with Crippen LogP contribution in [0.5, 0.6) is 0 Å². The van der Waals surface area contributed by atoms with E-state index in [0.717, 1.165) is 17.4 Å². The Morgan fingerprint density at radius 3 is 2.65 bits per heavy atom. The van der Waals surface area contributed by atoms with Crippen LogP contribution in [0, 0.1) is 5.92 Å². The maximum Gasteiger partial charge on any atom is 0.0410 e. The second-order valence-corrected chi connectivity index (χ2v) is 5.55. The molecule has 0 radical (unpaired) electrons. The molecule has 1 aromatic heterocycles. The van der Waals surface area contributed by atoms with Crippen LogP contribution in [0.4, 0.5) is 0 Å². The van der Waals surface area contributed by atoms with E-state index in [1.165, 1.54) is 18.4 Å². The number of rotatable bonds is 7. The Kier molecular flexibility index (Phi) is 6.75. The molecule has 0 aromatic carbocycles. The summed E-state index contributed by atoms with van der Waals surface area (Å²) in [4.78, 5) is 4.27. The van der Waals surface area contributed by atoms with Crippen molar-refractivity contribution in [3.05, 3.63) is 28.5 Å². The third-order valence-electron chi connectivity index (χ3n) is 3.01. The van der Waals surface area contributed by atoms with Crippen molar-refractivity contribution >= 4 is 15.9 Å². The largest absolute Gasteiger partial charge is 0.310 e. The fraction of sp³-hybridized carbons (Fsp3) is 0.643. The molecular formula is C14H23BrN2. The topological polar surface area (TPSA) is 24.9 Å². The van der Waals surface area contributed by atoms with Gasteiger partial charge in [-0.25, -0.2) is 0 Å². The molecule has 3 heteroatoms. The van der Waals surface area contributed by atoms with Crippen LogP contribution in [0.1, 0.15) is 51.6 Å². The van der Waals surface area contributed by atoms with Crippen molar-refractivity contribution in [1.29, 1.82) is 0 Å². The molecule has 96 valence electrons. The molecule has 2 unspecified atom stereocenters. The van der Waals surface area contributed by atoms with Crippen molar-refractivity contribution in [2.75, 3.05) is 6.54 Å². The lowest BCUT2D eigenvalue weighted by Gasteiger charge is -2.25. The zero-order valence-electron chi connectivity index (χ0n) is 11.0. The average molecular weight is 299 g/mol. The minimum atomic E-state index is 0.417. The minimum Gasteiger partial charge on any atom is -0.310 e. The van der Waals surface area contributed by atoms with Gasteiger partial charge in [-0.2, -0.15) is 0 Å². The standard InChI is InChI=1S/C14H23BrN2/c1-4-6-11(3)14(17-7-5-2)12-8-13(15)10-16-9-12/h8-11,14,17H,4-7H2,1-3H3. The number of aromatic nitrogens is 1. The van der Waals surface area contributed by atoms with Gasteiger partial charge in [0.1, 0.15) is 0 Å². The van der Waals surface area contributed by atoms with Crippen molar-refractivity contribution in [2.24, 2.45) is 5.92 Å². The number of halogens is 1. The van der Waals surface area contributed by atoms with Crippen molar-refractivity contribution in [3.63, 3.8) is 0 Å². The van der Waals surface area contributed by atoms with E-state index < -0.39 is 0 Å². The van der Waals surface area contributed by atoms with Crippen molar-refractivity contribution in [1.82, 2.24) is 10.3 Å². The van der Waals surface area contributed by atoms with Crippen LogP contribution in [0.25, 0.3) is 0 Å². The summed E-state index contributed by atoms with van der Waals surface area (Å²) < 4.78 is 1.06. The van der Waals surface area contributed by atoms with E-state index in [4.69, 9.17) is 0 Å². The monoisotopic (exact) mass is 298 g/mol. The number of pyridine rings is 1. The Morgan fingerprint density at radius 1 is 1.29 bits per heavy atom. The molecule has 0 amide bonds. The maximum absolute atomic E-state index is 4.27. The smallest absolute Gasteiger partial charge is 0.0410 e. The molecule has 2 nitrogen and oxygen atoms in total. The predicted molar refractivity (Wildman–Crippen MR) is 77.0 cm³/mol. The van der Waals surface area contributed by atoms with Gasteiger partial charge in [-0.15, -0.1) is 0 Å². The second kappa shape index (κ2) is 7.83. The molecule has 0 aliphatic carbocycles. The first-order valence-electron chi connectivity index (χ1n) is 6.52. The number of hydrogen-bond donors (Lipinski definition) is 1. The Balaban J connectivity index is 2.81. The number of nitrogens with zero attached hydrogens (tertiary/aromatic N) is 1. The zero-order valence-corrected chi connectivity index (χ0v) is 12.6. The van der Waals surface area contributed by atoms with E-state index in [-0.39, 0.29) is 0 Å². The SMILES string of the molecule is CCCNC(c1cncc(Br)c1)C(C)CCC. The summed E-state index contributed by atoms with van der Waals surface area (Å²) in [7, 11) is 0. The Morgan fingerprint density at radius 2 is 2.06 bits per heavy atom. The van der Waals surface area contributed by atoms with Crippen LogP contribution in [-0.2, 0) is 0 Å². The molecule has 0 aliphatic heterocycles. The fourth-order valence-corrected chi connectivity index (χ4v) is 2.55. The molecule has 1 rings (SSSR count). The summed E-state index contributed by atoms with van der Waals surface area (Å²) in [5.41, 5.74) is 1.29. The molecule has 0 aliphatic rings. The lowest BCUT2D eigenvalue weighted by molar-refractivity contribution is 0.362. The third-order valence-corrected chi connectivity index (χ3v) is 3.45. The Hall–Kier alpha value is -0.410. The van der Waals surface area contributed by atoms with Gasteiger partial charge in [0.25, 0.3) is 0 Å². The second-order valence-electron chi connectivity index (χ2n) is 4.63. The highest BCUT2D eigenvalue weighted by Crippen LogP contribution is 2.26. The van der Waals surface area contributed by atoms with Crippen molar-refractivity contribution in [3.8, 4) is 0 Å². The average Bonchev–Trinajstić information content (AvgIpc) is 2.30. The van der Waals surface area contributed by atoms with Gasteiger partial charge in [0.05, 0.1) is 0 Å². The molecule has 1 aromatic rings. The third kappa shape index (κ3) is 4.76. The van der Waals surface area contributed by atoms with E-state index >= 15 is 0 Å². The first-order chi connectivity index (χ1) is 8.19. The first-order valence-corrected chi connectivity index (χ1v) is 7.32. The highest BCUT2D eigenvalue weighted by molar-refractivity contribution is 9.10. The first kappa shape index (κ1) is 14.7. The van der Waals surface area contributed by atoms with E-state index in [9.17, 15) is 0 Å². The van der Waals surface area contributed by atoms with Gasteiger partial charge < -0.3 is 5.32 Å². The van der Waals surface area contributed by atoms with Crippen LogP contribution in [0.2, 0.25) is 0 Å². The van der Waals surface area contributed by atoms with Gasteiger partial charge in [-0.05, 0) is 52.9 Å². The molecule has 0 saturated heterocycles. The molecule has 1 N–H and O–H groups in total. The number of nitrogens with one attached hydrogen (secondary N) is 1. The van der Waals surface area contributed by atoms with E-state index in [0.29, 0.717) is 12.0 Å². The quantitative estimate of drug-likeness (QED) is 0.811. The summed E-state index contributed by atoms with van der Waals surface area (Å²) in [6.07, 6.45) is 7.45. The minimum absolute atomic E-state index is 0.417. The molecular weight excluding hydrogens is 276 g/mol. The predicted octanol–water partition coefficient (Wildman–Crippen LogP) is 4.32. The summed E-state index contributed by atoms with van der Waals surface area (Å²) in [5, 5.41) is 3.64. The molecule has 17 heavy (non-hydrogen) atoms.